The lowest BCUT2D eigenvalue weighted by atomic mass is 10.2. The molecule has 0 saturated heterocycles. The first-order chi connectivity index (χ1) is 8.70. The maximum Gasteiger partial charge on any atom is 0.126 e. The summed E-state index contributed by atoms with van der Waals surface area (Å²) in [6.07, 6.45) is 0. The highest BCUT2D eigenvalue weighted by molar-refractivity contribution is 9.10. The molecule has 0 spiro atoms. The van der Waals surface area contributed by atoms with Gasteiger partial charge in [0, 0.05) is 15.1 Å². The predicted octanol–water partition coefficient (Wildman–Crippen LogP) is 4.17. The van der Waals surface area contributed by atoms with Crippen molar-refractivity contribution in [1.29, 1.82) is 0 Å². The minimum Gasteiger partial charge on any atom is -0.488 e. The molecule has 0 heterocycles. The zero-order valence-corrected chi connectivity index (χ0v) is 11.9. The molecule has 2 rings (SSSR count). The van der Waals surface area contributed by atoms with E-state index in [-0.39, 0.29) is 6.61 Å². The van der Waals surface area contributed by atoms with Gasteiger partial charge in [0.1, 0.15) is 12.4 Å². The molecule has 0 amide bonds. The fourth-order valence-electron chi connectivity index (χ4n) is 1.62. The first-order valence-electron chi connectivity index (χ1n) is 5.46. The number of halogens is 2. The molecule has 2 nitrogen and oxygen atoms in total. The third kappa shape index (κ3) is 3.25. The molecule has 0 aliphatic rings. The van der Waals surface area contributed by atoms with Gasteiger partial charge in [0.15, 0.2) is 0 Å². The van der Waals surface area contributed by atoms with Crippen LogP contribution in [0.15, 0.2) is 46.9 Å². The van der Waals surface area contributed by atoms with E-state index in [1.807, 2.05) is 24.3 Å². The van der Waals surface area contributed by atoms with Crippen molar-refractivity contribution in [3.63, 3.8) is 0 Å². The van der Waals surface area contributed by atoms with Gasteiger partial charge in [0.25, 0.3) is 0 Å². The van der Waals surface area contributed by atoms with Gasteiger partial charge < -0.3 is 9.84 Å². The summed E-state index contributed by atoms with van der Waals surface area (Å²) in [7, 11) is 0. The molecule has 0 atom stereocenters. The lowest BCUT2D eigenvalue weighted by Gasteiger charge is -2.11. The molecule has 4 heteroatoms. The summed E-state index contributed by atoms with van der Waals surface area (Å²) < 4.78 is 6.70. The van der Waals surface area contributed by atoms with E-state index in [2.05, 4.69) is 15.9 Å². The number of aliphatic hydroxyl groups is 1. The minimum absolute atomic E-state index is 0.131. The smallest absolute Gasteiger partial charge is 0.126 e. The normalized spacial score (nSPS) is 10.4. The summed E-state index contributed by atoms with van der Waals surface area (Å²) in [4.78, 5) is 0. The van der Waals surface area contributed by atoms with Crippen molar-refractivity contribution in [3.05, 3.63) is 63.1 Å². The largest absolute Gasteiger partial charge is 0.488 e. The van der Waals surface area contributed by atoms with E-state index in [1.165, 1.54) is 0 Å². The minimum atomic E-state index is -0.131. The Labute approximate surface area is 119 Å². The maximum absolute atomic E-state index is 9.27. The lowest BCUT2D eigenvalue weighted by molar-refractivity contribution is 0.259. The van der Waals surface area contributed by atoms with Crippen LogP contribution in [0.4, 0.5) is 0 Å². The van der Waals surface area contributed by atoms with Crippen LogP contribution in [0, 0.1) is 0 Å². The van der Waals surface area contributed by atoms with Crippen LogP contribution in [0.5, 0.6) is 5.75 Å². The average Bonchev–Trinajstić information content (AvgIpc) is 2.36. The van der Waals surface area contributed by atoms with Crippen molar-refractivity contribution in [2.45, 2.75) is 13.2 Å². The second kappa shape index (κ2) is 6.23. The second-order valence-corrected chi connectivity index (χ2v) is 5.12. The van der Waals surface area contributed by atoms with E-state index in [4.69, 9.17) is 16.3 Å². The number of rotatable bonds is 4. The molecule has 18 heavy (non-hydrogen) atoms. The number of hydrogen-bond acceptors (Lipinski definition) is 2. The molecule has 0 aromatic heterocycles. The third-order valence-electron chi connectivity index (χ3n) is 2.52. The van der Waals surface area contributed by atoms with Gasteiger partial charge in [-0.3, -0.25) is 0 Å². The number of ether oxygens (including phenoxy) is 1. The van der Waals surface area contributed by atoms with Crippen LogP contribution < -0.4 is 4.74 Å². The third-order valence-corrected chi connectivity index (χ3v) is 3.36. The van der Waals surface area contributed by atoms with Gasteiger partial charge in [-0.05, 0) is 29.8 Å². The molecular weight excluding hydrogens is 316 g/mol. The summed E-state index contributed by atoms with van der Waals surface area (Å²) in [5.74, 6) is 0.616. The molecule has 0 saturated carbocycles. The van der Waals surface area contributed by atoms with Crippen molar-refractivity contribution in [1.82, 2.24) is 0 Å². The van der Waals surface area contributed by atoms with Crippen LogP contribution >= 0.6 is 27.5 Å². The maximum atomic E-state index is 9.27. The van der Waals surface area contributed by atoms with Crippen LogP contribution in [0.1, 0.15) is 11.1 Å². The Morgan fingerprint density at radius 3 is 2.67 bits per heavy atom. The second-order valence-electron chi connectivity index (χ2n) is 3.79. The van der Waals surface area contributed by atoms with Crippen molar-refractivity contribution >= 4 is 27.5 Å². The Kier molecular flexibility index (Phi) is 4.64. The molecule has 94 valence electrons. The average molecular weight is 328 g/mol. The van der Waals surface area contributed by atoms with Gasteiger partial charge in [0.2, 0.25) is 0 Å². The van der Waals surface area contributed by atoms with Crippen LogP contribution in [0.3, 0.4) is 0 Å². The van der Waals surface area contributed by atoms with Gasteiger partial charge in [-0.15, -0.1) is 0 Å². The van der Waals surface area contributed by atoms with Crippen LogP contribution in [-0.2, 0) is 13.2 Å². The summed E-state index contributed by atoms with van der Waals surface area (Å²) in [6, 6.07) is 13.2. The fraction of sp³-hybridized carbons (Fsp3) is 0.143. The van der Waals surface area contributed by atoms with Crippen molar-refractivity contribution in [2.24, 2.45) is 0 Å². The SMILES string of the molecule is OCc1c(Cl)cccc1OCc1cccc(Br)c1. The van der Waals surface area contributed by atoms with Crippen molar-refractivity contribution in [3.8, 4) is 5.75 Å². The molecule has 1 N–H and O–H groups in total. The van der Waals surface area contributed by atoms with Crippen LogP contribution in [0.2, 0.25) is 5.02 Å². The topological polar surface area (TPSA) is 29.5 Å². The molecule has 0 radical (unpaired) electrons. The molecule has 2 aromatic carbocycles. The zero-order valence-electron chi connectivity index (χ0n) is 9.57. The van der Waals surface area contributed by atoms with Crippen LogP contribution in [0.25, 0.3) is 0 Å². The Morgan fingerprint density at radius 1 is 1.17 bits per heavy atom. The van der Waals surface area contributed by atoms with Gasteiger partial charge in [-0.2, -0.15) is 0 Å². The van der Waals surface area contributed by atoms with E-state index in [1.54, 1.807) is 18.2 Å². The van der Waals surface area contributed by atoms with Gasteiger partial charge >= 0.3 is 0 Å². The Bertz CT molecular complexity index is 543. The lowest BCUT2D eigenvalue weighted by Crippen LogP contribution is -1.99. The highest BCUT2D eigenvalue weighted by atomic mass is 79.9. The van der Waals surface area contributed by atoms with Crippen molar-refractivity contribution < 1.29 is 9.84 Å². The highest BCUT2D eigenvalue weighted by Gasteiger charge is 2.07. The van der Waals surface area contributed by atoms with E-state index in [0.717, 1.165) is 10.0 Å². The first kappa shape index (κ1) is 13.4. The van der Waals surface area contributed by atoms with Crippen LogP contribution in [-0.4, -0.2) is 5.11 Å². The number of aliphatic hydroxyl groups excluding tert-OH is 1. The highest BCUT2D eigenvalue weighted by Crippen LogP contribution is 2.27. The van der Waals surface area contributed by atoms with Gasteiger partial charge in [-0.1, -0.05) is 45.7 Å². The summed E-state index contributed by atoms with van der Waals surface area (Å²) in [5.41, 5.74) is 1.67. The molecule has 0 fully saturated rings. The zero-order chi connectivity index (χ0) is 13.0. The first-order valence-corrected chi connectivity index (χ1v) is 6.63. The molecule has 2 aromatic rings. The molecule has 0 bridgehead atoms. The predicted molar refractivity (Wildman–Crippen MR) is 75.8 cm³/mol. The van der Waals surface area contributed by atoms with Gasteiger partial charge in [0.05, 0.1) is 6.61 Å². The quantitative estimate of drug-likeness (QED) is 0.913. The van der Waals surface area contributed by atoms with Gasteiger partial charge in [-0.25, -0.2) is 0 Å². The van der Waals surface area contributed by atoms with Crippen molar-refractivity contribution in [2.75, 3.05) is 0 Å². The summed E-state index contributed by atoms with van der Waals surface area (Å²) in [6.45, 7) is 0.306. The Morgan fingerprint density at radius 2 is 1.94 bits per heavy atom. The molecule has 0 unspecified atom stereocenters. The van der Waals surface area contributed by atoms with E-state index in [9.17, 15) is 5.11 Å². The van der Waals surface area contributed by atoms with E-state index in [0.29, 0.717) is 22.9 Å². The number of benzene rings is 2. The standard InChI is InChI=1S/C14H12BrClO2/c15-11-4-1-3-10(7-11)9-18-14-6-2-5-13(16)12(14)8-17/h1-7,17H,8-9H2. The fourth-order valence-corrected chi connectivity index (χ4v) is 2.29. The van der Waals surface area contributed by atoms with E-state index >= 15 is 0 Å². The summed E-state index contributed by atoms with van der Waals surface area (Å²) in [5, 5.41) is 9.79. The molecular formula is C14H12BrClO2. The molecule has 0 aliphatic heterocycles. The monoisotopic (exact) mass is 326 g/mol. The number of hydrogen-bond donors (Lipinski definition) is 1. The Balaban J connectivity index is 2.13. The Hall–Kier alpha value is -1.03. The molecule has 0 aliphatic carbocycles. The summed E-state index contributed by atoms with van der Waals surface area (Å²) >= 11 is 9.40. The van der Waals surface area contributed by atoms with E-state index < -0.39 is 0 Å².